The third-order valence-corrected chi connectivity index (χ3v) is 5.25. The summed E-state index contributed by atoms with van der Waals surface area (Å²) < 4.78 is 28.2. The Hall–Kier alpha value is -2.32. The zero-order valence-corrected chi connectivity index (χ0v) is 19.5. The molecule has 0 radical (unpaired) electrons. The third kappa shape index (κ3) is 9.45. The third-order valence-electron chi connectivity index (χ3n) is 4.22. The average molecular weight is 441 g/mol. The van der Waals surface area contributed by atoms with Crippen molar-refractivity contribution in [3.05, 3.63) is 47.9 Å². The Balaban J connectivity index is 0.00000102. The molecule has 0 atom stereocenters. The molecule has 2 aromatic rings. The van der Waals surface area contributed by atoms with E-state index in [1.54, 1.807) is 19.5 Å². The second-order valence-electron chi connectivity index (χ2n) is 6.46. The molecular weight excluding hydrogens is 404 g/mol. The number of carboxylic acids is 1. The molecule has 0 aliphatic carbocycles. The van der Waals surface area contributed by atoms with Gasteiger partial charge in [-0.25, -0.2) is 18.4 Å². The van der Waals surface area contributed by atoms with Gasteiger partial charge in [-0.1, -0.05) is 40.5 Å². The zero-order chi connectivity index (χ0) is 23.2. The maximum atomic E-state index is 11.8. The van der Waals surface area contributed by atoms with Crippen molar-refractivity contribution in [2.45, 2.75) is 65.2 Å². The molecule has 0 amide bonds. The minimum Gasteiger partial charge on any atom is -0.478 e. The van der Waals surface area contributed by atoms with E-state index < -0.39 is 16.0 Å². The first-order valence-corrected chi connectivity index (χ1v) is 11.9. The predicted octanol–water partition coefficient (Wildman–Crippen LogP) is 5.05. The van der Waals surface area contributed by atoms with Crippen molar-refractivity contribution >= 4 is 21.7 Å². The van der Waals surface area contributed by atoms with Gasteiger partial charge in [0.15, 0.2) is 0 Å². The first-order valence-electron chi connectivity index (χ1n) is 10.3. The molecule has 0 fully saturated rings. The van der Waals surface area contributed by atoms with E-state index in [9.17, 15) is 18.3 Å². The molecule has 0 saturated carbocycles. The van der Waals surface area contributed by atoms with Crippen LogP contribution in [0.3, 0.4) is 0 Å². The number of nitrogens with zero attached hydrogens (tertiary/aromatic N) is 1. The largest absolute Gasteiger partial charge is 0.478 e. The number of aromatic carboxylic acids is 1. The van der Waals surface area contributed by atoms with Crippen molar-refractivity contribution in [2.75, 3.05) is 18.0 Å². The van der Waals surface area contributed by atoms with Gasteiger partial charge in [-0.05, 0) is 49.6 Å². The summed E-state index contributed by atoms with van der Waals surface area (Å²) in [6.45, 7) is 11.3. The number of hydrogen-bond acceptors (Lipinski definition) is 5. The second-order valence-corrected chi connectivity index (χ2v) is 7.99. The second kappa shape index (κ2) is 14.6. The lowest BCUT2D eigenvalue weighted by atomic mass is 10.1. The van der Waals surface area contributed by atoms with Gasteiger partial charge in [0.25, 0.3) is 0 Å². The van der Waals surface area contributed by atoms with Gasteiger partial charge in [0.2, 0.25) is 10.0 Å². The van der Waals surface area contributed by atoms with Crippen LogP contribution < -0.4 is 10.0 Å². The van der Waals surface area contributed by atoms with Gasteiger partial charge in [0, 0.05) is 18.8 Å². The van der Waals surface area contributed by atoms with Gasteiger partial charge in [-0.3, -0.25) is 0 Å². The van der Waals surface area contributed by atoms with Crippen LogP contribution in [0.4, 0.5) is 5.69 Å². The molecule has 8 heteroatoms. The SMILES string of the molecule is CC.CCCCN(CCCC)c1cc(C(=O)O)cc(S(N)(=O)=O)c1C.c1ccoc1. The number of hydrogen-bond donors (Lipinski definition) is 2. The summed E-state index contributed by atoms with van der Waals surface area (Å²) >= 11 is 0. The molecule has 2 rings (SSSR count). The van der Waals surface area contributed by atoms with Crippen molar-refractivity contribution < 1.29 is 22.7 Å². The highest BCUT2D eigenvalue weighted by molar-refractivity contribution is 7.89. The molecule has 1 aromatic heterocycles. The standard InChI is InChI=1S/C16H26N2O4S.C4H4O.C2H6/c1-4-6-8-18(9-7-5-2)14-10-13(16(19)20)11-15(12(14)3)23(17,21)22;1-2-4-5-3-1;1-2/h10-11H,4-9H2,1-3H3,(H,19,20)(H2,17,21,22);1-4H;1-2H3. The van der Waals surface area contributed by atoms with Crippen LogP contribution in [0.15, 0.2) is 46.1 Å². The van der Waals surface area contributed by atoms with E-state index in [1.165, 1.54) is 6.07 Å². The lowest BCUT2D eigenvalue weighted by molar-refractivity contribution is 0.0696. The molecule has 7 nitrogen and oxygen atoms in total. The van der Waals surface area contributed by atoms with E-state index in [0.717, 1.165) is 44.8 Å². The minimum absolute atomic E-state index is 0.0624. The van der Waals surface area contributed by atoms with E-state index in [4.69, 9.17) is 5.14 Å². The zero-order valence-electron chi connectivity index (χ0n) is 18.7. The predicted molar refractivity (Wildman–Crippen MR) is 122 cm³/mol. The maximum absolute atomic E-state index is 11.8. The number of primary sulfonamides is 1. The highest BCUT2D eigenvalue weighted by Gasteiger charge is 2.21. The molecule has 0 aliphatic rings. The minimum atomic E-state index is -3.98. The van der Waals surface area contributed by atoms with E-state index in [2.05, 4.69) is 23.2 Å². The smallest absolute Gasteiger partial charge is 0.335 e. The fourth-order valence-electron chi connectivity index (χ4n) is 2.70. The number of sulfonamides is 1. The summed E-state index contributed by atoms with van der Waals surface area (Å²) in [7, 11) is -3.98. The fraction of sp³-hybridized carbons (Fsp3) is 0.500. The van der Waals surface area contributed by atoms with Crippen LogP contribution in [-0.4, -0.2) is 32.6 Å². The number of unbranched alkanes of at least 4 members (excludes halogenated alkanes) is 2. The molecule has 0 bridgehead atoms. The van der Waals surface area contributed by atoms with E-state index >= 15 is 0 Å². The molecule has 0 saturated heterocycles. The van der Waals surface area contributed by atoms with Crippen molar-refractivity contribution in [1.82, 2.24) is 0 Å². The Morgan fingerprint density at radius 3 is 1.90 bits per heavy atom. The Morgan fingerprint density at radius 2 is 1.57 bits per heavy atom. The van der Waals surface area contributed by atoms with Crippen LogP contribution in [0.25, 0.3) is 0 Å². The first kappa shape index (κ1) is 27.7. The number of furan rings is 1. The van der Waals surface area contributed by atoms with Crippen LogP contribution in [0, 0.1) is 6.92 Å². The summed E-state index contributed by atoms with van der Waals surface area (Å²) in [6, 6.07) is 6.34. The number of nitrogens with two attached hydrogens (primary N) is 1. The normalized spacial score (nSPS) is 10.3. The van der Waals surface area contributed by atoms with Crippen molar-refractivity contribution in [1.29, 1.82) is 0 Å². The summed E-state index contributed by atoms with van der Waals surface area (Å²) in [5.41, 5.74) is 1.08. The molecule has 3 N–H and O–H groups in total. The summed E-state index contributed by atoms with van der Waals surface area (Å²) in [4.78, 5) is 13.3. The van der Waals surface area contributed by atoms with Gasteiger partial charge in [-0.2, -0.15) is 0 Å². The number of anilines is 1. The van der Waals surface area contributed by atoms with Gasteiger partial charge < -0.3 is 14.4 Å². The fourth-order valence-corrected chi connectivity index (χ4v) is 3.52. The topological polar surface area (TPSA) is 114 Å². The van der Waals surface area contributed by atoms with Gasteiger partial charge >= 0.3 is 5.97 Å². The average Bonchev–Trinajstić information content (AvgIpc) is 3.29. The van der Waals surface area contributed by atoms with Crippen molar-refractivity contribution in [3.8, 4) is 0 Å². The monoisotopic (exact) mass is 440 g/mol. The Kier molecular flexibility index (Phi) is 13.5. The molecule has 30 heavy (non-hydrogen) atoms. The van der Waals surface area contributed by atoms with E-state index in [1.807, 2.05) is 26.0 Å². The van der Waals surface area contributed by atoms with Crippen LogP contribution in [0.5, 0.6) is 0 Å². The Bertz CT molecular complexity index is 808. The van der Waals surface area contributed by atoms with E-state index in [0.29, 0.717) is 11.3 Å². The highest BCUT2D eigenvalue weighted by atomic mass is 32.2. The lowest BCUT2D eigenvalue weighted by Crippen LogP contribution is -2.28. The molecule has 0 spiro atoms. The molecule has 0 aliphatic heterocycles. The van der Waals surface area contributed by atoms with Crippen LogP contribution >= 0.6 is 0 Å². The molecular formula is C22H36N2O5S. The van der Waals surface area contributed by atoms with Gasteiger partial charge in [-0.15, -0.1) is 0 Å². The molecule has 1 aromatic carbocycles. The summed E-state index contributed by atoms with van der Waals surface area (Å²) in [5, 5.41) is 14.5. The quantitative estimate of drug-likeness (QED) is 0.564. The molecule has 0 unspecified atom stereocenters. The molecule has 1 heterocycles. The maximum Gasteiger partial charge on any atom is 0.335 e. The van der Waals surface area contributed by atoms with Crippen LogP contribution in [0.1, 0.15) is 69.3 Å². The van der Waals surface area contributed by atoms with Crippen LogP contribution in [-0.2, 0) is 10.0 Å². The summed E-state index contributed by atoms with van der Waals surface area (Å²) in [6.07, 6.45) is 7.15. The molecule has 170 valence electrons. The van der Waals surface area contributed by atoms with Gasteiger partial charge in [0.05, 0.1) is 23.0 Å². The number of carboxylic acid groups (broad SMARTS) is 1. The van der Waals surface area contributed by atoms with E-state index in [-0.39, 0.29) is 10.5 Å². The summed E-state index contributed by atoms with van der Waals surface area (Å²) in [5.74, 6) is -1.16. The van der Waals surface area contributed by atoms with Crippen molar-refractivity contribution in [3.63, 3.8) is 0 Å². The Labute approximate surface area is 180 Å². The van der Waals surface area contributed by atoms with Crippen molar-refractivity contribution in [2.24, 2.45) is 5.14 Å². The number of benzene rings is 1. The highest BCUT2D eigenvalue weighted by Crippen LogP contribution is 2.29. The lowest BCUT2D eigenvalue weighted by Gasteiger charge is -2.27. The Morgan fingerprint density at radius 1 is 1.07 bits per heavy atom. The number of carbonyl (C=O) groups is 1. The van der Waals surface area contributed by atoms with Gasteiger partial charge in [0.1, 0.15) is 0 Å². The first-order chi connectivity index (χ1) is 14.2. The van der Waals surface area contributed by atoms with Crippen LogP contribution in [0.2, 0.25) is 0 Å². The number of rotatable bonds is 9.